The number of nitrogens with one attached hydrogen (secondary N) is 1. The Balaban J connectivity index is 1.75. The largest absolute Gasteiger partial charge is 0.489 e. The summed E-state index contributed by atoms with van der Waals surface area (Å²) in [4.78, 5) is 22.2. The van der Waals surface area contributed by atoms with Crippen molar-refractivity contribution >= 4 is 17.0 Å². The number of H-pyrrole nitrogens is 1. The number of likely N-dealkylation sites (N-methyl/N-ethyl adjacent to an activating group) is 1. The number of carbonyl (C=O) groups is 1. The Morgan fingerprint density at radius 1 is 1.17 bits per heavy atom. The van der Waals surface area contributed by atoms with Crippen molar-refractivity contribution in [3.8, 4) is 22.9 Å². The molecule has 0 saturated carbocycles. The van der Waals surface area contributed by atoms with Crippen molar-refractivity contribution < 1.29 is 19.0 Å². The standard InChI is InChI=1S/C20H25N5O4/c1-20(2,3)29-19(26)25(4)6-7-28-17-12-22-18(27-5)9-14(17)15-8-13-10-23-24-16(13)11-21-15/h8-12H,6-7H2,1-5H3,(H,23,24). The Kier molecular flexibility index (Phi) is 5.86. The van der Waals surface area contributed by atoms with Gasteiger partial charge in [-0.3, -0.25) is 10.1 Å². The van der Waals surface area contributed by atoms with Crippen LogP contribution in [-0.4, -0.2) is 64.1 Å². The molecule has 1 N–H and O–H groups in total. The topological polar surface area (TPSA) is 102 Å². The van der Waals surface area contributed by atoms with Crippen molar-refractivity contribution in [3.63, 3.8) is 0 Å². The number of methoxy groups -OCH3 is 1. The fourth-order valence-corrected chi connectivity index (χ4v) is 2.56. The van der Waals surface area contributed by atoms with E-state index in [4.69, 9.17) is 14.2 Å². The molecule has 0 aliphatic rings. The van der Waals surface area contributed by atoms with Crippen LogP contribution < -0.4 is 9.47 Å². The van der Waals surface area contributed by atoms with Gasteiger partial charge in [0.25, 0.3) is 0 Å². The SMILES string of the molecule is COc1cc(-c2cc3cn[nH]c3cn2)c(OCCN(C)C(=O)OC(C)(C)C)cn1. The van der Waals surface area contributed by atoms with Gasteiger partial charge in [0.15, 0.2) is 0 Å². The molecule has 0 aliphatic carbocycles. The fraction of sp³-hybridized carbons (Fsp3) is 0.400. The zero-order valence-corrected chi connectivity index (χ0v) is 17.2. The Morgan fingerprint density at radius 2 is 1.97 bits per heavy atom. The lowest BCUT2D eigenvalue weighted by Crippen LogP contribution is -2.36. The number of nitrogens with zero attached hydrogens (tertiary/aromatic N) is 4. The van der Waals surface area contributed by atoms with Crippen molar-refractivity contribution in [3.05, 3.63) is 30.7 Å². The molecule has 3 heterocycles. The maximum absolute atomic E-state index is 12.1. The molecule has 29 heavy (non-hydrogen) atoms. The summed E-state index contributed by atoms with van der Waals surface area (Å²) < 4.78 is 16.5. The van der Waals surface area contributed by atoms with Gasteiger partial charge < -0.3 is 19.1 Å². The van der Waals surface area contributed by atoms with Gasteiger partial charge in [-0.25, -0.2) is 9.78 Å². The van der Waals surface area contributed by atoms with Gasteiger partial charge in [-0.1, -0.05) is 0 Å². The summed E-state index contributed by atoms with van der Waals surface area (Å²) in [5.41, 5.74) is 1.74. The van der Waals surface area contributed by atoms with Gasteiger partial charge in [-0.05, 0) is 26.8 Å². The van der Waals surface area contributed by atoms with E-state index in [0.29, 0.717) is 23.9 Å². The van der Waals surface area contributed by atoms with Gasteiger partial charge in [0.2, 0.25) is 5.88 Å². The van der Waals surface area contributed by atoms with E-state index in [-0.39, 0.29) is 6.61 Å². The van der Waals surface area contributed by atoms with E-state index in [1.165, 1.54) is 4.90 Å². The number of hydrogen-bond acceptors (Lipinski definition) is 7. The van der Waals surface area contributed by atoms with Crippen LogP contribution in [0.2, 0.25) is 0 Å². The van der Waals surface area contributed by atoms with Gasteiger partial charge in [-0.2, -0.15) is 5.10 Å². The molecule has 154 valence electrons. The highest BCUT2D eigenvalue weighted by atomic mass is 16.6. The Bertz CT molecular complexity index is 996. The summed E-state index contributed by atoms with van der Waals surface area (Å²) in [7, 11) is 3.22. The fourth-order valence-electron chi connectivity index (χ4n) is 2.56. The summed E-state index contributed by atoms with van der Waals surface area (Å²) >= 11 is 0. The molecule has 0 bridgehead atoms. The molecule has 0 fully saturated rings. The van der Waals surface area contributed by atoms with Crippen molar-refractivity contribution in [1.29, 1.82) is 0 Å². The highest BCUT2D eigenvalue weighted by Gasteiger charge is 2.19. The van der Waals surface area contributed by atoms with E-state index in [1.54, 1.807) is 38.8 Å². The first-order valence-electron chi connectivity index (χ1n) is 9.17. The number of amides is 1. The van der Waals surface area contributed by atoms with E-state index >= 15 is 0 Å². The summed E-state index contributed by atoms with van der Waals surface area (Å²) in [6.07, 6.45) is 4.63. The smallest absolute Gasteiger partial charge is 0.410 e. The minimum Gasteiger partial charge on any atom is -0.489 e. The van der Waals surface area contributed by atoms with Crippen LogP contribution in [0.4, 0.5) is 4.79 Å². The first kappa shape index (κ1) is 20.4. The average Bonchev–Trinajstić information content (AvgIpc) is 3.14. The normalized spacial score (nSPS) is 11.3. The lowest BCUT2D eigenvalue weighted by atomic mass is 10.1. The maximum Gasteiger partial charge on any atom is 0.410 e. The monoisotopic (exact) mass is 399 g/mol. The Hall–Kier alpha value is -3.36. The molecular weight excluding hydrogens is 374 g/mol. The van der Waals surface area contributed by atoms with Gasteiger partial charge in [0.05, 0.1) is 43.5 Å². The van der Waals surface area contributed by atoms with Crippen LogP contribution in [0.25, 0.3) is 22.2 Å². The summed E-state index contributed by atoms with van der Waals surface area (Å²) in [6.45, 7) is 6.11. The molecule has 0 aliphatic heterocycles. The van der Waals surface area contributed by atoms with Crippen LogP contribution in [-0.2, 0) is 4.74 Å². The number of carbonyl (C=O) groups excluding carboxylic acids is 1. The number of aromatic nitrogens is 4. The lowest BCUT2D eigenvalue weighted by Gasteiger charge is -2.24. The van der Waals surface area contributed by atoms with E-state index in [0.717, 1.165) is 16.5 Å². The molecular formula is C20H25N5O4. The molecule has 3 aromatic rings. The zero-order valence-electron chi connectivity index (χ0n) is 17.2. The van der Waals surface area contributed by atoms with Crippen LogP contribution in [0.5, 0.6) is 11.6 Å². The average molecular weight is 399 g/mol. The highest BCUT2D eigenvalue weighted by Crippen LogP contribution is 2.32. The second-order valence-electron chi connectivity index (χ2n) is 7.50. The van der Waals surface area contributed by atoms with Gasteiger partial charge in [-0.15, -0.1) is 0 Å². The Labute approximate surface area is 169 Å². The Morgan fingerprint density at radius 3 is 2.69 bits per heavy atom. The molecule has 0 saturated heterocycles. The van der Waals surface area contributed by atoms with Crippen LogP contribution in [0.3, 0.4) is 0 Å². The van der Waals surface area contributed by atoms with Crippen molar-refractivity contribution in [2.75, 3.05) is 27.3 Å². The van der Waals surface area contributed by atoms with Gasteiger partial charge in [0.1, 0.15) is 18.0 Å². The first-order chi connectivity index (χ1) is 13.8. The molecule has 3 aromatic heterocycles. The van der Waals surface area contributed by atoms with Gasteiger partial charge in [0, 0.05) is 24.1 Å². The number of ether oxygens (including phenoxy) is 3. The van der Waals surface area contributed by atoms with E-state index in [9.17, 15) is 4.79 Å². The molecule has 1 amide bonds. The third-order valence-electron chi connectivity index (χ3n) is 4.04. The number of fused-ring (bicyclic) bond motifs is 1. The summed E-state index contributed by atoms with van der Waals surface area (Å²) in [5.74, 6) is 0.992. The third-order valence-corrected chi connectivity index (χ3v) is 4.04. The van der Waals surface area contributed by atoms with Crippen molar-refractivity contribution in [1.82, 2.24) is 25.1 Å². The first-order valence-corrected chi connectivity index (χ1v) is 9.17. The number of hydrogen-bond donors (Lipinski definition) is 1. The number of aromatic amines is 1. The molecule has 9 heteroatoms. The minimum atomic E-state index is -0.545. The quantitative estimate of drug-likeness (QED) is 0.678. The summed E-state index contributed by atoms with van der Waals surface area (Å²) in [6, 6.07) is 3.68. The lowest BCUT2D eigenvalue weighted by molar-refractivity contribution is 0.0278. The van der Waals surface area contributed by atoms with Crippen molar-refractivity contribution in [2.45, 2.75) is 26.4 Å². The second-order valence-corrected chi connectivity index (χ2v) is 7.50. The molecule has 0 atom stereocenters. The zero-order chi connectivity index (χ0) is 21.0. The van der Waals surface area contributed by atoms with Crippen molar-refractivity contribution in [2.24, 2.45) is 0 Å². The van der Waals surface area contributed by atoms with E-state index in [2.05, 4.69) is 20.2 Å². The number of pyridine rings is 2. The maximum atomic E-state index is 12.1. The molecule has 0 spiro atoms. The predicted octanol–water partition coefficient (Wildman–Crippen LogP) is 3.27. The molecule has 0 aromatic carbocycles. The van der Waals surface area contributed by atoms with Gasteiger partial charge >= 0.3 is 6.09 Å². The predicted molar refractivity (Wildman–Crippen MR) is 108 cm³/mol. The van der Waals surface area contributed by atoms with Crippen LogP contribution in [0.1, 0.15) is 20.8 Å². The van der Waals surface area contributed by atoms with Crippen LogP contribution in [0.15, 0.2) is 30.7 Å². The van der Waals surface area contributed by atoms with E-state index in [1.807, 2.05) is 26.8 Å². The number of rotatable bonds is 6. The van der Waals surface area contributed by atoms with Crippen LogP contribution in [0, 0.1) is 0 Å². The molecule has 0 unspecified atom stereocenters. The van der Waals surface area contributed by atoms with E-state index < -0.39 is 11.7 Å². The summed E-state index contributed by atoms with van der Waals surface area (Å²) in [5, 5.41) is 7.83. The molecule has 0 radical (unpaired) electrons. The second kappa shape index (κ2) is 8.34. The highest BCUT2D eigenvalue weighted by molar-refractivity contribution is 5.82. The molecule has 9 nitrogen and oxygen atoms in total. The minimum absolute atomic E-state index is 0.269. The third kappa shape index (κ3) is 5.13. The van der Waals surface area contributed by atoms with Crippen LogP contribution >= 0.6 is 0 Å². The molecule has 3 rings (SSSR count).